The topological polar surface area (TPSA) is 124 Å². The third-order valence-corrected chi connectivity index (χ3v) is 6.87. The molecule has 5 aromatic rings. The molecule has 198 valence electrons. The Morgan fingerprint density at radius 2 is 1.62 bits per heavy atom. The van der Waals surface area contributed by atoms with Gasteiger partial charge in [0.1, 0.15) is 17.4 Å². The van der Waals surface area contributed by atoms with Crippen LogP contribution >= 0.6 is 11.6 Å². The summed E-state index contributed by atoms with van der Waals surface area (Å²) in [6, 6.07) is 27.0. The SMILES string of the molecule is N#Cc1ccc(Cc2cc(O)ccc2C[C@H](NC(=O)c2cc3ccc(-c4ccc(Cl)cc4)cc3o2)C(=O)O)cc1. The highest BCUT2D eigenvalue weighted by Gasteiger charge is 2.24. The number of aromatic hydroxyl groups is 1. The molecule has 1 heterocycles. The molecule has 4 aromatic carbocycles. The van der Waals surface area contributed by atoms with Crippen molar-refractivity contribution in [3.8, 4) is 22.9 Å². The second kappa shape index (κ2) is 11.4. The van der Waals surface area contributed by atoms with Crippen LogP contribution in [0.3, 0.4) is 0 Å². The van der Waals surface area contributed by atoms with Crippen molar-refractivity contribution >= 4 is 34.4 Å². The number of amides is 1. The summed E-state index contributed by atoms with van der Waals surface area (Å²) in [6.07, 6.45) is 0.406. The van der Waals surface area contributed by atoms with Crippen molar-refractivity contribution in [3.05, 3.63) is 124 Å². The molecule has 0 saturated heterocycles. The number of carbonyl (C=O) groups excluding carboxylic acids is 1. The third kappa shape index (κ3) is 5.98. The van der Waals surface area contributed by atoms with Crippen molar-refractivity contribution in [2.24, 2.45) is 0 Å². The minimum atomic E-state index is -1.24. The van der Waals surface area contributed by atoms with E-state index in [1.54, 1.807) is 42.5 Å². The highest BCUT2D eigenvalue weighted by atomic mass is 35.5. The number of nitrogens with one attached hydrogen (secondary N) is 1. The average molecular weight is 551 g/mol. The highest BCUT2D eigenvalue weighted by molar-refractivity contribution is 6.30. The lowest BCUT2D eigenvalue weighted by Gasteiger charge is -2.17. The predicted molar refractivity (Wildman–Crippen MR) is 151 cm³/mol. The second-order valence-corrected chi connectivity index (χ2v) is 9.81. The number of hydrogen-bond acceptors (Lipinski definition) is 5. The number of carboxylic acids is 1. The smallest absolute Gasteiger partial charge is 0.326 e. The van der Waals surface area contributed by atoms with Gasteiger partial charge in [0.25, 0.3) is 5.91 Å². The lowest BCUT2D eigenvalue weighted by molar-refractivity contribution is -0.139. The summed E-state index contributed by atoms with van der Waals surface area (Å²) in [7, 11) is 0. The number of carbonyl (C=O) groups is 2. The van der Waals surface area contributed by atoms with Crippen LogP contribution in [0.15, 0.2) is 95.4 Å². The van der Waals surface area contributed by atoms with E-state index < -0.39 is 17.9 Å². The van der Waals surface area contributed by atoms with E-state index in [4.69, 9.17) is 21.3 Å². The molecular formula is C32H23ClN2O5. The zero-order chi connectivity index (χ0) is 28.2. The molecule has 0 aliphatic carbocycles. The van der Waals surface area contributed by atoms with Gasteiger partial charge in [0, 0.05) is 16.8 Å². The van der Waals surface area contributed by atoms with E-state index in [0.717, 1.165) is 16.7 Å². The number of nitrogens with zero attached hydrogens (tertiary/aromatic N) is 1. The molecule has 5 rings (SSSR count). The van der Waals surface area contributed by atoms with Gasteiger partial charge in [0.15, 0.2) is 5.76 Å². The quantitative estimate of drug-likeness (QED) is 0.207. The lowest BCUT2D eigenvalue weighted by atomic mass is 9.94. The molecular weight excluding hydrogens is 528 g/mol. The maximum absolute atomic E-state index is 13.1. The predicted octanol–water partition coefficient (Wildman–Crippen LogP) is 6.35. The summed E-state index contributed by atoms with van der Waals surface area (Å²) in [4.78, 5) is 25.2. The summed E-state index contributed by atoms with van der Waals surface area (Å²) in [5, 5.41) is 32.9. The fourth-order valence-corrected chi connectivity index (χ4v) is 4.63. The minimum Gasteiger partial charge on any atom is -0.508 e. The number of rotatable bonds is 8. The van der Waals surface area contributed by atoms with Crippen molar-refractivity contribution < 1.29 is 24.2 Å². The summed E-state index contributed by atoms with van der Waals surface area (Å²) >= 11 is 5.98. The maximum atomic E-state index is 13.1. The largest absolute Gasteiger partial charge is 0.508 e. The summed E-state index contributed by atoms with van der Waals surface area (Å²) in [5.74, 6) is -1.81. The van der Waals surface area contributed by atoms with Crippen LogP contribution in [0.25, 0.3) is 22.1 Å². The van der Waals surface area contributed by atoms with Crippen LogP contribution in [0.5, 0.6) is 5.75 Å². The number of nitriles is 1. The third-order valence-electron chi connectivity index (χ3n) is 6.62. The van der Waals surface area contributed by atoms with Gasteiger partial charge in [-0.05, 0) is 82.8 Å². The van der Waals surface area contributed by atoms with Gasteiger partial charge in [-0.1, -0.05) is 54.1 Å². The Hall–Kier alpha value is -5.06. The molecule has 1 atom stereocenters. The monoisotopic (exact) mass is 550 g/mol. The van der Waals surface area contributed by atoms with E-state index >= 15 is 0 Å². The number of carboxylic acid groups (broad SMARTS) is 1. The van der Waals surface area contributed by atoms with E-state index in [2.05, 4.69) is 11.4 Å². The van der Waals surface area contributed by atoms with Gasteiger partial charge in [-0.25, -0.2) is 4.79 Å². The van der Waals surface area contributed by atoms with Gasteiger partial charge in [0.2, 0.25) is 0 Å². The molecule has 0 unspecified atom stereocenters. The molecule has 0 radical (unpaired) electrons. The van der Waals surface area contributed by atoms with Crippen LogP contribution in [-0.4, -0.2) is 28.1 Å². The molecule has 1 amide bonds. The molecule has 0 fully saturated rings. The first-order valence-electron chi connectivity index (χ1n) is 12.4. The van der Waals surface area contributed by atoms with Crippen LogP contribution in [0, 0.1) is 11.3 Å². The average Bonchev–Trinajstić information content (AvgIpc) is 3.38. The molecule has 0 saturated carbocycles. The van der Waals surface area contributed by atoms with Crippen molar-refractivity contribution in [1.29, 1.82) is 5.26 Å². The Morgan fingerprint density at radius 1 is 0.900 bits per heavy atom. The Kier molecular flexibility index (Phi) is 7.54. The van der Waals surface area contributed by atoms with Gasteiger partial charge in [-0.3, -0.25) is 4.79 Å². The number of benzene rings is 4. The maximum Gasteiger partial charge on any atom is 0.326 e. The fraction of sp³-hybridized carbons (Fsp3) is 0.0938. The van der Waals surface area contributed by atoms with Gasteiger partial charge in [0.05, 0.1) is 11.6 Å². The number of aliphatic carboxylic acids is 1. The van der Waals surface area contributed by atoms with E-state index in [1.165, 1.54) is 6.07 Å². The van der Waals surface area contributed by atoms with Crippen LogP contribution in [0.4, 0.5) is 0 Å². The van der Waals surface area contributed by atoms with Gasteiger partial charge in [-0.15, -0.1) is 0 Å². The normalized spacial score (nSPS) is 11.6. The van der Waals surface area contributed by atoms with E-state index in [9.17, 15) is 19.8 Å². The van der Waals surface area contributed by atoms with Crippen molar-refractivity contribution in [2.75, 3.05) is 0 Å². The summed E-state index contributed by atoms with van der Waals surface area (Å²) in [6.45, 7) is 0. The van der Waals surface area contributed by atoms with Crippen LogP contribution in [0.2, 0.25) is 5.02 Å². The Labute approximate surface area is 234 Å². The Balaban J connectivity index is 1.35. The van der Waals surface area contributed by atoms with Crippen molar-refractivity contribution in [2.45, 2.75) is 18.9 Å². The van der Waals surface area contributed by atoms with Gasteiger partial charge in [-0.2, -0.15) is 5.26 Å². The zero-order valence-electron chi connectivity index (χ0n) is 21.1. The van der Waals surface area contributed by atoms with E-state index in [1.807, 2.05) is 42.5 Å². The van der Waals surface area contributed by atoms with Crippen molar-refractivity contribution in [3.63, 3.8) is 0 Å². The summed E-state index contributed by atoms with van der Waals surface area (Å²) < 4.78 is 5.80. The van der Waals surface area contributed by atoms with Gasteiger partial charge < -0.3 is 19.9 Å². The first-order chi connectivity index (χ1) is 19.3. The fourth-order valence-electron chi connectivity index (χ4n) is 4.51. The zero-order valence-corrected chi connectivity index (χ0v) is 21.9. The first-order valence-corrected chi connectivity index (χ1v) is 12.8. The summed E-state index contributed by atoms with van der Waals surface area (Å²) in [5.41, 5.74) is 5.10. The van der Waals surface area contributed by atoms with Crippen LogP contribution in [0.1, 0.15) is 32.8 Å². The highest BCUT2D eigenvalue weighted by Crippen LogP contribution is 2.28. The molecule has 1 aromatic heterocycles. The van der Waals surface area contributed by atoms with Crippen molar-refractivity contribution in [1.82, 2.24) is 5.32 Å². The minimum absolute atomic E-state index is 0.00183. The molecule has 40 heavy (non-hydrogen) atoms. The number of halogens is 1. The first kappa shape index (κ1) is 26.5. The molecule has 0 bridgehead atoms. The number of hydrogen-bond donors (Lipinski definition) is 3. The lowest BCUT2D eigenvalue weighted by Crippen LogP contribution is -2.42. The standard InChI is InChI=1S/C32H23ClN2O5/c33-26-10-7-21(8-11-26)23-5-6-24-17-30(40-29(24)16-23)31(37)35-28(32(38)39)15-22-9-12-27(36)14-25(22)13-19-1-3-20(18-34)4-2-19/h1-12,14,16-17,28,36H,13,15H2,(H,35,37)(H,38,39)/t28-/m0/s1. The van der Waals surface area contributed by atoms with Crippen LogP contribution < -0.4 is 5.32 Å². The molecule has 7 nitrogen and oxygen atoms in total. The molecule has 0 aliphatic heterocycles. The van der Waals surface area contributed by atoms with Crippen LogP contribution in [-0.2, 0) is 17.6 Å². The molecule has 8 heteroatoms. The Morgan fingerprint density at radius 3 is 2.33 bits per heavy atom. The molecule has 0 aliphatic rings. The molecule has 0 spiro atoms. The van der Waals surface area contributed by atoms with Gasteiger partial charge >= 0.3 is 5.97 Å². The number of phenols is 1. The number of furan rings is 1. The number of phenolic OH excluding ortho intramolecular Hbond substituents is 1. The number of fused-ring (bicyclic) bond motifs is 1. The second-order valence-electron chi connectivity index (χ2n) is 9.38. The Bertz CT molecular complexity index is 1750. The van der Waals surface area contributed by atoms with E-state index in [-0.39, 0.29) is 17.9 Å². The van der Waals surface area contributed by atoms with E-state index in [0.29, 0.717) is 39.1 Å². The molecule has 3 N–H and O–H groups in total.